The summed E-state index contributed by atoms with van der Waals surface area (Å²) >= 11 is 0. The van der Waals surface area contributed by atoms with E-state index in [0.29, 0.717) is 18.7 Å². The molecule has 18 heavy (non-hydrogen) atoms. The van der Waals surface area contributed by atoms with Gasteiger partial charge in [0.15, 0.2) is 0 Å². The van der Waals surface area contributed by atoms with E-state index in [2.05, 4.69) is 10.3 Å². The first-order chi connectivity index (χ1) is 8.63. The highest BCUT2D eigenvalue weighted by Crippen LogP contribution is 2.25. The Morgan fingerprint density at radius 2 is 2.28 bits per heavy atom. The monoisotopic (exact) mass is 247 g/mol. The maximum Gasteiger partial charge on any atom is 0.295 e. The number of aryl methyl sites for hydroxylation is 1. The van der Waals surface area contributed by atoms with Crippen molar-refractivity contribution in [3.8, 4) is 5.69 Å². The number of nitrogens with zero attached hydrogens (tertiary/aromatic N) is 4. The molecule has 2 N–H and O–H groups in total. The van der Waals surface area contributed by atoms with E-state index >= 15 is 0 Å². The van der Waals surface area contributed by atoms with Crippen LogP contribution in [-0.4, -0.2) is 26.5 Å². The first-order valence-corrected chi connectivity index (χ1v) is 5.49. The molecule has 2 aromatic rings. The molecule has 1 heterocycles. The lowest BCUT2D eigenvalue weighted by molar-refractivity contribution is -0.384. The second-order valence-electron chi connectivity index (χ2n) is 3.89. The van der Waals surface area contributed by atoms with Gasteiger partial charge in [-0.3, -0.25) is 10.1 Å². The zero-order chi connectivity index (χ0) is 13.1. The van der Waals surface area contributed by atoms with Crippen LogP contribution in [0.4, 0.5) is 5.69 Å². The van der Waals surface area contributed by atoms with Crippen LogP contribution in [0.1, 0.15) is 11.3 Å². The number of nitro groups is 1. The van der Waals surface area contributed by atoms with Crippen LogP contribution in [0.5, 0.6) is 0 Å². The summed E-state index contributed by atoms with van der Waals surface area (Å²) in [5, 5.41) is 18.9. The Kier molecular flexibility index (Phi) is 3.33. The molecule has 2 rings (SSSR count). The summed E-state index contributed by atoms with van der Waals surface area (Å²) in [7, 11) is 0. The van der Waals surface area contributed by atoms with Crippen molar-refractivity contribution in [1.29, 1.82) is 0 Å². The summed E-state index contributed by atoms with van der Waals surface area (Å²) < 4.78 is 1.43. The van der Waals surface area contributed by atoms with Crippen molar-refractivity contribution in [1.82, 2.24) is 15.0 Å². The van der Waals surface area contributed by atoms with Crippen LogP contribution in [0.2, 0.25) is 0 Å². The third-order valence-corrected chi connectivity index (χ3v) is 2.58. The van der Waals surface area contributed by atoms with E-state index in [0.717, 1.165) is 11.3 Å². The average molecular weight is 247 g/mol. The summed E-state index contributed by atoms with van der Waals surface area (Å²) in [4.78, 5) is 10.6. The number of nitrogens with two attached hydrogens (primary N) is 1. The molecular weight excluding hydrogens is 234 g/mol. The third-order valence-electron chi connectivity index (χ3n) is 2.58. The number of rotatable bonds is 4. The van der Waals surface area contributed by atoms with Gasteiger partial charge in [-0.1, -0.05) is 17.3 Å². The molecule has 0 saturated carbocycles. The molecule has 0 aliphatic rings. The molecule has 0 bridgehead atoms. The van der Waals surface area contributed by atoms with E-state index in [1.165, 1.54) is 10.7 Å². The molecule has 0 aliphatic heterocycles. The molecule has 1 aromatic heterocycles. The second-order valence-corrected chi connectivity index (χ2v) is 3.89. The van der Waals surface area contributed by atoms with Crippen molar-refractivity contribution < 1.29 is 4.92 Å². The molecule has 1 aromatic carbocycles. The number of para-hydroxylation sites is 1. The highest BCUT2D eigenvalue weighted by molar-refractivity contribution is 5.56. The molecule has 0 fully saturated rings. The Labute approximate surface area is 103 Å². The zero-order valence-corrected chi connectivity index (χ0v) is 9.91. The standard InChI is InChI=1S/C11H13N5O2/c1-8-3-2-4-10(16(17)18)11(8)15-7-9(5-6-12)13-14-15/h2-4,7H,5-6,12H2,1H3. The predicted octanol–water partition coefficient (Wildman–Crippen LogP) is 0.985. The molecule has 7 heteroatoms. The molecule has 0 unspecified atom stereocenters. The number of hydrogen-bond donors (Lipinski definition) is 1. The van der Waals surface area contributed by atoms with Crippen LogP contribution in [0.15, 0.2) is 24.4 Å². The Morgan fingerprint density at radius 3 is 2.94 bits per heavy atom. The van der Waals surface area contributed by atoms with Crippen molar-refractivity contribution in [2.75, 3.05) is 6.54 Å². The van der Waals surface area contributed by atoms with Gasteiger partial charge in [-0.15, -0.1) is 5.10 Å². The smallest absolute Gasteiger partial charge is 0.295 e. The lowest BCUT2D eigenvalue weighted by Crippen LogP contribution is -2.03. The van der Waals surface area contributed by atoms with E-state index < -0.39 is 4.92 Å². The van der Waals surface area contributed by atoms with Gasteiger partial charge < -0.3 is 5.73 Å². The van der Waals surface area contributed by atoms with E-state index in [1.54, 1.807) is 25.3 Å². The van der Waals surface area contributed by atoms with E-state index in [4.69, 9.17) is 5.73 Å². The number of aromatic nitrogens is 3. The van der Waals surface area contributed by atoms with Crippen molar-refractivity contribution in [3.05, 3.63) is 45.8 Å². The maximum absolute atomic E-state index is 11.0. The van der Waals surface area contributed by atoms with Crippen molar-refractivity contribution in [3.63, 3.8) is 0 Å². The molecule has 7 nitrogen and oxygen atoms in total. The molecule has 0 spiro atoms. The molecule has 94 valence electrons. The Bertz CT molecular complexity index is 579. The lowest BCUT2D eigenvalue weighted by atomic mass is 10.1. The molecule has 0 saturated heterocycles. The first-order valence-electron chi connectivity index (χ1n) is 5.49. The Hall–Kier alpha value is -2.28. The van der Waals surface area contributed by atoms with Crippen LogP contribution in [-0.2, 0) is 6.42 Å². The number of benzene rings is 1. The predicted molar refractivity (Wildman–Crippen MR) is 65.5 cm³/mol. The van der Waals surface area contributed by atoms with Crippen LogP contribution in [0.3, 0.4) is 0 Å². The summed E-state index contributed by atoms with van der Waals surface area (Å²) in [6, 6.07) is 4.90. The fourth-order valence-electron chi connectivity index (χ4n) is 1.76. The molecule has 0 atom stereocenters. The van der Waals surface area contributed by atoms with Gasteiger partial charge >= 0.3 is 0 Å². The summed E-state index contributed by atoms with van der Waals surface area (Å²) in [5.74, 6) is 0. The minimum Gasteiger partial charge on any atom is -0.330 e. The molecule has 0 aliphatic carbocycles. The number of hydrogen-bond acceptors (Lipinski definition) is 5. The zero-order valence-electron chi connectivity index (χ0n) is 9.91. The van der Waals surface area contributed by atoms with Gasteiger partial charge in [0.25, 0.3) is 5.69 Å². The highest BCUT2D eigenvalue weighted by atomic mass is 16.6. The summed E-state index contributed by atoms with van der Waals surface area (Å²) in [6.07, 6.45) is 2.27. The lowest BCUT2D eigenvalue weighted by Gasteiger charge is -2.05. The topological polar surface area (TPSA) is 99.9 Å². The Morgan fingerprint density at radius 1 is 1.50 bits per heavy atom. The van der Waals surface area contributed by atoms with Gasteiger partial charge in [-0.2, -0.15) is 0 Å². The normalized spacial score (nSPS) is 10.6. The van der Waals surface area contributed by atoms with Gasteiger partial charge in [0.1, 0.15) is 5.69 Å². The van der Waals surface area contributed by atoms with E-state index in [-0.39, 0.29) is 5.69 Å². The fourth-order valence-corrected chi connectivity index (χ4v) is 1.76. The van der Waals surface area contributed by atoms with Crippen LogP contribution < -0.4 is 5.73 Å². The minimum atomic E-state index is -0.424. The first kappa shape index (κ1) is 12.2. The van der Waals surface area contributed by atoms with Gasteiger partial charge in [0.05, 0.1) is 16.8 Å². The van der Waals surface area contributed by atoms with E-state index in [9.17, 15) is 10.1 Å². The van der Waals surface area contributed by atoms with E-state index in [1.807, 2.05) is 0 Å². The summed E-state index contributed by atoms with van der Waals surface area (Å²) in [6.45, 7) is 2.27. The van der Waals surface area contributed by atoms with Crippen molar-refractivity contribution in [2.45, 2.75) is 13.3 Å². The molecule has 0 radical (unpaired) electrons. The van der Waals surface area contributed by atoms with Gasteiger partial charge in [0, 0.05) is 12.5 Å². The van der Waals surface area contributed by atoms with Gasteiger partial charge in [-0.05, 0) is 19.0 Å². The Balaban J connectivity index is 2.51. The fraction of sp³-hybridized carbons (Fsp3) is 0.273. The highest BCUT2D eigenvalue weighted by Gasteiger charge is 2.18. The maximum atomic E-state index is 11.0. The van der Waals surface area contributed by atoms with Crippen molar-refractivity contribution >= 4 is 5.69 Å². The van der Waals surface area contributed by atoms with Gasteiger partial charge in [0.2, 0.25) is 0 Å². The molecule has 0 amide bonds. The third kappa shape index (κ3) is 2.21. The minimum absolute atomic E-state index is 0.0131. The van der Waals surface area contributed by atoms with Crippen LogP contribution in [0, 0.1) is 17.0 Å². The number of nitro benzene ring substituents is 1. The van der Waals surface area contributed by atoms with Crippen LogP contribution >= 0.6 is 0 Å². The van der Waals surface area contributed by atoms with Crippen LogP contribution in [0.25, 0.3) is 5.69 Å². The second kappa shape index (κ2) is 4.92. The largest absolute Gasteiger partial charge is 0.330 e. The SMILES string of the molecule is Cc1cccc([N+](=O)[O-])c1-n1cc(CCN)nn1. The van der Waals surface area contributed by atoms with Gasteiger partial charge in [-0.25, -0.2) is 4.68 Å². The van der Waals surface area contributed by atoms with Crippen molar-refractivity contribution in [2.24, 2.45) is 5.73 Å². The molecular formula is C11H13N5O2. The average Bonchev–Trinajstić information content (AvgIpc) is 2.77. The quantitative estimate of drug-likeness (QED) is 0.641. The summed E-state index contributed by atoms with van der Waals surface area (Å²) in [5.41, 5.74) is 7.38.